The normalized spacial score (nSPS) is 25.3. The minimum Gasteiger partial charge on any atom is -0.387 e. The van der Waals surface area contributed by atoms with Crippen molar-refractivity contribution >= 4 is 0 Å². The summed E-state index contributed by atoms with van der Waals surface area (Å²) in [4.78, 5) is 0. The Hall–Kier alpha value is -1.00. The Morgan fingerprint density at radius 1 is 1.33 bits per heavy atom. The van der Waals surface area contributed by atoms with E-state index in [0.717, 1.165) is 12.8 Å². The van der Waals surface area contributed by atoms with Crippen LogP contribution in [0.3, 0.4) is 0 Å². The summed E-state index contributed by atoms with van der Waals surface area (Å²) in [6.45, 7) is 2.38. The first-order valence-corrected chi connectivity index (χ1v) is 6.43. The molecule has 100 valence electrons. The topological polar surface area (TPSA) is 32.3 Å². The summed E-state index contributed by atoms with van der Waals surface area (Å²) in [7, 11) is 0. The highest BCUT2D eigenvalue weighted by atomic mass is 19.1. The van der Waals surface area contributed by atoms with E-state index in [1.807, 2.05) is 0 Å². The summed E-state index contributed by atoms with van der Waals surface area (Å²) in [6.07, 6.45) is 2.16. The highest BCUT2D eigenvalue weighted by Crippen LogP contribution is 2.25. The zero-order chi connectivity index (χ0) is 13.1. The van der Waals surface area contributed by atoms with Gasteiger partial charge in [0.15, 0.2) is 0 Å². The van der Waals surface area contributed by atoms with Gasteiger partial charge in [0, 0.05) is 12.6 Å². The van der Waals surface area contributed by atoms with Crippen LogP contribution in [-0.2, 0) is 0 Å². The summed E-state index contributed by atoms with van der Waals surface area (Å²) in [6, 6.07) is 3.98. The van der Waals surface area contributed by atoms with Crippen molar-refractivity contribution in [2.75, 3.05) is 6.54 Å². The van der Waals surface area contributed by atoms with Crippen LogP contribution in [0.4, 0.5) is 8.78 Å². The lowest BCUT2D eigenvalue weighted by Gasteiger charge is -2.17. The van der Waals surface area contributed by atoms with Gasteiger partial charge in [-0.3, -0.25) is 0 Å². The second-order valence-corrected chi connectivity index (χ2v) is 5.17. The van der Waals surface area contributed by atoms with Gasteiger partial charge in [-0.2, -0.15) is 0 Å². The van der Waals surface area contributed by atoms with Crippen LogP contribution in [0.15, 0.2) is 18.2 Å². The first kappa shape index (κ1) is 13.4. The van der Waals surface area contributed by atoms with Crippen LogP contribution in [0.1, 0.15) is 37.9 Å². The van der Waals surface area contributed by atoms with Crippen molar-refractivity contribution in [3.63, 3.8) is 0 Å². The minimum absolute atomic E-state index is 0.190. The van der Waals surface area contributed by atoms with Crippen LogP contribution < -0.4 is 5.32 Å². The molecule has 0 bridgehead atoms. The molecule has 18 heavy (non-hydrogen) atoms. The van der Waals surface area contributed by atoms with Gasteiger partial charge in [0.2, 0.25) is 0 Å². The highest BCUT2D eigenvalue weighted by molar-refractivity contribution is 5.22. The first-order chi connectivity index (χ1) is 8.58. The van der Waals surface area contributed by atoms with Crippen LogP contribution in [0.5, 0.6) is 0 Å². The minimum atomic E-state index is -1.14. The van der Waals surface area contributed by atoms with Gasteiger partial charge in [-0.25, -0.2) is 8.78 Å². The molecule has 1 aliphatic carbocycles. The Kier molecular flexibility index (Phi) is 4.30. The molecule has 1 aromatic rings. The summed E-state index contributed by atoms with van der Waals surface area (Å²) in [5, 5.41) is 13.0. The third-order valence-corrected chi connectivity index (χ3v) is 3.63. The fourth-order valence-corrected chi connectivity index (χ4v) is 2.60. The Bertz CT molecular complexity index is 391. The van der Waals surface area contributed by atoms with Crippen LogP contribution in [0, 0.1) is 17.6 Å². The fraction of sp³-hybridized carbons (Fsp3) is 0.571. The van der Waals surface area contributed by atoms with Crippen molar-refractivity contribution < 1.29 is 13.9 Å². The molecule has 1 fully saturated rings. The number of aliphatic hydroxyl groups is 1. The number of nitrogens with one attached hydrogen (secondary N) is 1. The van der Waals surface area contributed by atoms with E-state index in [0.29, 0.717) is 12.0 Å². The number of benzene rings is 1. The number of aliphatic hydroxyl groups excluding tert-OH is 1. The summed E-state index contributed by atoms with van der Waals surface area (Å²) in [5.74, 6) is -0.696. The molecule has 4 heteroatoms. The first-order valence-electron chi connectivity index (χ1n) is 6.43. The second-order valence-electron chi connectivity index (χ2n) is 5.17. The predicted molar refractivity (Wildman–Crippen MR) is 66.1 cm³/mol. The van der Waals surface area contributed by atoms with Gasteiger partial charge in [0.1, 0.15) is 11.6 Å². The highest BCUT2D eigenvalue weighted by Gasteiger charge is 2.23. The van der Waals surface area contributed by atoms with Crippen molar-refractivity contribution in [3.05, 3.63) is 35.4 Å². The molecule has 0 saturated heterocycles. The van der Waals surface area contributed by atoms with E-state index < -0.39 is 17.7 Å². The van der Waals surface area contributed by atoms with Crippen LogP contribution in [0.25, 0.3) is 0 Å². The quantitative estimate of drug-likeness (QED) is 0.867. The van der Waals surface area contributed by atoms with Crippen LogP contribution in [-0.4, -0.2) is 17.7 Å². The van der Waals surface area contributed by atoms with E-state index in [9.17, 15) is 13.9 Å². The molecule has 0 aliphatic heterocycles. The Morgan fingerprint density at radius 2 is 2.00 bits per heavy atom. The molecule has 3 unspecified atom stereocenters. The molecule has 2 nitrogen and oxygen atoms in total. The smallest absolute Gasteiger partial charge is 0.131 e. The average Bonchev–Trinajstić information content (AvgIpc) is 2.72. The van der Waals surface area contributed by atoms with E-state index >= 15 is 0 Å². The molecule has 0 aromatic heterocycles. The molecular formula is C14H19F2NO. The lowest BCUT2D eigenvalue weighted by Crippen LogP contribution is -2.31. The molecule has 0 amide bonds. The Labute approximate surface area is 106 Å². The fourth-order valence-electron chi connectivity index (χ4n) is 2.60. The van der Waals surface area contributed by atoms with Crippen LogP contribution in [0.2, 0.25) is 0 Å². The summed E-state index contributed by atoms with van der Waals surface area (Å²) < 4.78 is 26.9. The molecule has 2 rings (SSSR count). The molecular weight excluding hydrogens is 236 g/mol. The zero-order valence-electron chi connectivity index (χ0n) is 10.5. The zero-order valence-corrected chi connectivity index (χ0v) is 10.5. The van der Waals surface area contributed by atoms with Crippen molar-refractivity contribution in [1.29, 1.82) is 0 Å². The van der Waals surface area contributed by atoms with E-state index in [1.165, 1.54) is 24.6 Å². The maximum Gasteiger partial charge on any atom is 0.131 e. The number of hydrogen-bond donors (Lipinski definition) is 2. The van der Waals surface area contributed by atoms with Crippen LogP contribution >= 0.6 is 0 Å². The molecule has 3 atom stereocenters. The van der Waals surface area contributed by atoms with Gasteiger partial charge in [-0.15, -0.1) is 0 Å². The monoisotopic (exact) mass is 255 g/mol. The lowest BCUT2D eigenvalue weighted by atomic mass is 10.1. The van der Waals surface area contributed by atoms with E-state index in [-0.39, 0.29) is 12.1 Å². The molecule has 1 aromatic carbocycles. The molecule has 0 heterocycles. The van der Waals surface area contributed by atoms with Crippen molar-refractivity contribution in [2.24, 2.45) is 5.92 Å². The van der Waals surface area contributed by atoms with Crippen molar-refractivity contribution in [1.82, 2.24) is 5.32 Å². The third-order valence-electron chi connectivity index (χ3n) is 3.63. The molecule has 0 radical (unpaired) electrons. The molecule has 1 saturated carbocycles. The van der Waals surface area contributed by atoms with Gasteiger partial charge < -0.3 is 10.4 Å². The van der Waals surface area contributed by atoms with Gasteiger partial charge in [-0.05, 0) is 37.3 Å². The molecule has 2 N–H and O–H groups in total. The van der Waals surface area contributed by atoms with E-state index in [1.54, 1.807) is 0 Å². The molecule has 1 aliphatic rings. The summed E-state index contributed by atoms with van der Waals surface area (Å²) in [5.41, 5.74) is -0.240. The Morgan fingerprint density at radius 3 is 2.56 bits per heavy atom. The van der Waals surface area contributed by atoms with Gasteiger partial charge >= 0.3 is 0 Å². The standard InChI is InChI=1S/C14H19F2NO/c1-9-5-6-10(7-9)17-8-13(18)14-11(15)3-2-4-12(14)16/h2-4,9-10,13,17-18H,5-8H2,1H3. The SMILES string of the molecule is CC1CCC(NCC(O)c2c(F)cccc2F)C1. The van der Waals surface area contributed by atoms with E-state index in [2.05, 4.69) is 12.2 Å². The maximum absolute atomic E-state index is 13.4. The number of rotatable bonds is 4. The number of halogens is 2. The van der Waals surface area contributed by atoms with Crippen molar-refractivity contribution in [3.8, 4) is 0 Å². The van der Waals surface area contributed by atoms with Gasteiger partial charge in [-0.1, -0.05) is 13.0 Å². The van der Waals surface area contributed by atoms with Gasteiger partial charge in [0.05, 0.1) is 11.7 Å². The third kappa shape index (κ3) is 3.06. The Balaban J connectivity index is 1.93. The lowest BCUT2D eigenvalue weighted by molar-refractivity contribution is 0.160. The van der Waals surface area contributed by atoms with E-state index in [4.69, 9.17) is 0 Å². The van der Waals surface area contributed by atoms with Crippen molar-refractivity contribution in [2.45, 2.75) is 38.3 Å². The van der Waals surface area contributed by atoms with Gasteiger partial charge in [0.25, 0.3) is 0 Å². The number of hydrogen-bond acceptors (Lipinski definition) is 2. The second kappa shape index (κ2) is 5.76. The largest absolute Gasteiger partial charge is 0.387 e. The summed E-state index contributed by atoms with van der Waals surface area (Å²) >= 11 is 0. The predicted octanol–water partition coefficient (Wildman–Crippen LogP) is 2.78. The maximum atomic E-state index is 13.4. The average molecular weight is 255 g/mol. The molecule has 0 spiro atoms.